The zero-order valence-corrected chi connectivity index (χ0v) is 11.7. The number of hydrogen-bond donors (Lipinski definition) is 1. The summed E-state index contributed by atoms with van der Waals surface area (Å²) in [5.74, 6) is -1.36. The van der Waals surface area contributed by atoms with Gasteiger partial charge in [-0.15, -0.1) is 0 Å². The molecule has 1 aliphatic rings. The van der Waals surface area contributed by atoms with Gasteiger partial charge in [0.25, 0.3) is 0 Å². The van der Waals surface area contributed by atoms with E-state index in [1.54, 1.807) is 37.3 Å². The smallest absolute Gasteiger partial charge is 0.236 e. The van der Waals surface area contributed by atoms with E-state index in [0.29, 0.717) is 17.6 Å². The highest BCUT2D eigenvalue weighted by atomic mass is 32.2. The van der Waals surface area contributed by atoms with Crippen LogP contribution < -0.4 is 5.73 Å². The molecule has 0 saturated heterocycles. The molecule has 104 valence electrons. The predicted octanol–water partition coefficient (Wildman–Crippen LogP) is 1.23. The largest absolute Gasteiger partial charge is 0.369 e. The van der Waals surface area contributed by atoms with Crippen LogP contribution in [0.5, 0.6) is 0 Å². The van der Waals surface area contributed by atoms with Crippen molar-refractivity contribution >= 4 is 21.3 Å². The summed E-state index contributed by atoms with van der Waals surface area (Å²) in [7, 11) is -4.02. The molecule has 2 rings (SSSR count). The number of rotatable bonds is 2. The summed E-state index contributed by atoms with van der Waals surface area (Å²) < 4.78 is 24.8. The van der Waals surface area contributed by atoms with Crippen molar-refractivity contribution in [2.75, 3.05) is 0 Å². The first-order chi connectivity index (χ1) is 9.39. The van der Waals surface area contributed by atoms with Gasteiger partial charge in [0.05, 0.1) is 0 Å². The normalized spacial score (nSPS) is 25.0. The van der Waals surface area contributed by atoms with Crippen molar-refractivity contribution in [2.24, 2.45) is 11.7 Å². The minimum Gasteiger partial charge on any atom is -0.369 e. The number of hydrogen-bond acceptors (Lipinski definition) is 4. The maximum absolute atomic E-state index is 12.4. The van der Waals surface area contributed by atoms with Crippen molar-refractivity contribution in [3.63, 3.8) is 0 Å². The van der Waals surface area contributed by atoms with Gasteiger partial charge in [0.15, 0.2) is 0 Å². The second-order valence-electron chi connectivity index (χ2n) is 4.83. The molecule has 0 aromatic heterocycles. The number of nitriles is 1. The number of nitrogens with zero attached hydrogens (tertiary/aromatic N) is 1. The van der Waals surface area contributed by atoms with Crippen molar-refractivity contribution in [1.82, 2.24) is 0 Å². The molecule has 5 nitrogen and oxygen atoms in total. The number of carbonyl (C=O) groups is 1. The average Bonchev–Trinajstić information content (AvgIpc) is 2.37. The van der Waals surface area contributed by atoms with Crippen LogP contribution in [0, 0.1) is 17.2 Å². The van der Waals surface area contributed by atoms with E-state index >= 15 is 0 Å². The fraction of sp³-hybridized carbons (Fsp3) is 0.286. The van der Waals surface area contributed by atoms with E-state index in [9.17, 15) is 18.5 Å². The maximum Gasteiger partial charge on any atom is 0.236 e. The Hall–Kier alpha value is -2.13. The first-order valence-corrected chi connectivity index (χ1v) is 7.66. The average molecular weight is 290 g/mol. The second kappa shape index (κ2) is 5.10. The van der Waals surface area contributed by atoms with E-state index in [1.165, 1.54) is 0 Å². The van der Waals surface area contributed by atoms with E-state index < -0.39 is 26.9 Å². The lowest BCUT2D eigenvalue weighted by atomic mass is 9.92. The number of nitrogens with two attached hydrogens (primary N) is 1. The molecule has 0 fully saturated rings. The zero-order chi connectivity index (χ0) is 14.9. The Balaban J connectivity index is 2.69. The lowest BCUT2D eigenvalue weighted by Gasteiger charge is -2.28. The molecule has 0 radical (unpaired) electrons. The van der Waals surface area contributed by atoms with Crippen molar-refractivity contribution in [3.05, 3.63) is 40.8 Å². The topological polar surface area (TPSA) is 101 Å². The monoisotopic (exact) mass is 290 g/mol. The summed E-state index contributed by atoms with van der Waals surface area (Å²) in [6.45, 7) is 1.66. The van der Waals surface area contributed by atoms with E-state index in [2.05, 4.69) is 0 Å². The van der Waals surface area contributed by atoms with Gasteiger partial charge in [-0.2, -0.15) is 5.26 Å². The molecule has 0 saturated carbocycles. The Morgan fingerprint density at radius 1 is 1.35 bits per heavy atom. The summed E-state index contributed by atoms with van der Waals surface area (Å²) in [4.78, 5) is 11.1. The van der Waals surface area contributed by atoms with Gasteiger partial charge in [0, 0.05) is 0 Å². The van der Waals surface area contributed by atoms with Crippen LogP contribution in [0.4, 0.5) is 0 Å². The van der Waals surface area contributed by atoms with Gasteiger partial charge < -0.3 is 5.73 Å². The quantitative estimate of drug-likeness (QED) is 0.885. The molecule has 20 heavy (non-hydrogen) atoms. The van der Waals surface area contributed by atoms with Crippen LogP contribution >= 0.6 is 0 Å². The minimum absolute atomic E-state index is 0.333. The zero-order valence-electron chi connectivity index (χ0n) is 10.9. The van der Waals surface area contributed by atoms with Crippen LogP contribution in [0.2, 0.25) is 0 Å². The molecule has 1 heterocycles. The lowest BCUT2D eigenvalue weighted by Crippen LogP contribution is -2.43. The molecule has 0 bridgehead atoms. The van der Waals surface area contributed by atoms with Crippen LogP contribution in [-0.2, 0) is 14.6 Å². The molecule has 0 aliphatic carbocycles. The number of benzene rings is 1. The first-order valence-electron chi connectivity index (χ1n) is 6.11. The Labute approximate surface area is 117 Å². The van der Waals surface area contributed by atoms with Gasteiger partial charge in [0.2, 0.25) is 15.7 Å². The van der Waals surface area contributed by atoms with Crippen LogP contribution in [0.3, 0.4) is 0 Å². The molecule has 2 N–H and O–H groups in total. The van der Waals surface area contributed by atoms with Gasteiger partial charge in [0.1, 0.15) is 16.2 Å². The molecule has 2 unspecified atom stereocenters. The van der Waals surface area contributed by atoms with Crippen LogP contribution in [0.25, 0.3) is 5.57 Å². The molecule has 1 aliphatic heterocycles. The van der Waals surface area contributed by atoms with Gasteiger partial charge in [-0.1, -0.05) is 37.3 Å². The lowest BCUT2D eigenvalue weighted by molar-refractivity contribution is -0.118. The summed E-state index contributed by atoms with van der Waals surface area (Å²) in [6, 6.07) is 10.6. The summed E-state index contributed by atoms with van der Waals surface area (Å²) >= 11 is 0. The van der Waals surface area contributed by atoms with Crippen molar-refractivity contribution in [3.8, 4) is 6.07 Å². The van der Waals surface area contributed by atoms with Gasteiger partial charge in [-0.05, 0) is 23.5 Å². The first kappa shape index (κ1) is 14.3. The Kier molecular flexibility index (Phi) is 3.64. The van der Waals surface area contributed by atoms with Crippen molar-refractivity contribution < 1.29 is 13.2 Å². The number of sulfone groups is 1. The van der Waals surface area contributed by atoms with Gasteiger partial charge in [-0.25, -0.2) is 8.42 Å². The molecular weight excluding hydrogens is 276 g/mol. The highest BCUT2D eigenvalue weighted by Crippen LogP contribution is 2.38. The third kappa shape index (κ3) is 2.21. The number of amides is 1. The van der Waals surface area contributed by atoms with Crippen molar-refractivity contribution in [2.45, 2.75) is 18.6 Å². The fourth-order valence-corrected chi connectivity index (χ4v) is 4.52. The highest BCUT2D eigenvalue weighted by molar-refractivity contribution is 7.97. The molecule has 6 heteroatoms. The standard InChI is InChI=1S/C14H14N2O3S/c1-9-7-11(10-5-3-2-4-6-10)12(8-15)20(18,19)13(9)14(16)17/h2-6,9,13H,7H2,1H3,(H2,16,17). The van der Waals surface area contributed by atoms with Crippen LogP contribution in [0.1, 0.15) is 18.9 Å². The number of primary amides is 1. The number of carbonyl (C=O) groups excluding carboxylic acids is 1. The molecule has 1 amide bonds. The summed E-state index contributed by atoms with van der Waals surface area (Å²) in [5.41, 5.74) is 6.32. The van der Waals surface area contributed by atoms with E-state index in [1.807, 2.05) is 6.07 Å². The number of allylic oxidation sites excluding steroid dienone is 2. The van der Waals surface area contributed by atoms with Crippen LogP contribution in [-0.4, -0.2) is 19.6 Å². The van der Waals surface area contributed by atoms with Crippen molar-refractivity contribution in [1.29, 1.82) is 5.26 Å². The third-order valence-electron chi connectivity index (χ3n) is 3.44. The van der Waals surface area contributed by atoms with E-state index in [0.717, 1.165) is 0 Å². The van der Waals surface area contributed by atoms with Gasteiger partial charge in [-0.3, -0.25) is 4.79 Å². The fourth-order valence-electron chi connectivity index (χ4n) is 2.58. The van der Waals surface area contributed by atoms with Crippen LogP contribution in [0.15, 0.2) is 35.2 Å². The molecule has 2 atom stereocenters. The van der Waals surface area contributed by atoms with E-state index in [-0.39, 0.29) is 4.91 Å². The SMILES string of the molecule is CC1CC(c2ccccc2)=C(C#N)S(=O)(=O)C1C(N)=O. The maximum atomic E-state index is 12.4. The Morgan fingerprint density at radius 3 is 2.45 bits per heavy atom. The highest BCUT2D eigenvalue weighted by Gasteiger charge is 2.44. The minimum atomic E-state index is -4.02. The summed E-state index contributed by atoms with van der Waals surface area (Å²) in [6.07, 6.45) is 0.333. The third-order valence-corrected chi connectivity index (χ3v) is 5.71. The second-order valence-corrected chi connectivity index (χ2v) is 6.84. The Bertz CT molecular complexity index is 715. The molecule has 0 spiro atoms. The Morgan fingerprint density at radius 2 is 1.95 bits per heavy atom. The molecular formula is C14H14N2O3S. The van der Waals surface area contributed by atoms with E-state index in [4.69, 9.17) is 5.73 Å². The predicted molar refractivity (Wildman–Crippen MR) is 74.7 cm³/mol. The molecule has 1 aromatic carbocycles. The molecule has 1 aromatic rings. The van der Waals surface area contributed by atoms with Gasteiger partial charge >= 0.3 is 0 Å². The summed E-state index contributed by atoms with van der Waals surface area (Å²) in [5, 5.41) is 7.88.